The second-order valence-corrected chi connectivity index (χ2v) is 6.64. The van der Waals surface area contributed by atoms with E-state index in [-0.39, 0.29) is 17.3 Å². The third kappa shape index (κ3) is 2.71. The lowest BCUT2D eigenvalue weighted by Gasteiger charge is -2.28. The van der Waals surface area contributed by atoms with Gasteiger partial charge in [-0.1, -0.05) is 63.2 Å². The fourth-order valence-electron chi connectivity index (χ4n) is 2.80. The van der Waals surface area contributed by atoms with Crippen molar-refractivity contribution in [3.63, 3.8) is 0 Å². The van der Waals surface area contributed by atoms with Crippen molar-refractivity contribution in [2.75, 3.05) is 0 Å². The Kier molecular flexibility index (Phi) is 3.32. The van der Waals surface area contributed by atoms with Crippen molar-refractivity contribution in [1.29, 1.82) is 0 Å². The van der Waals surface area contributed by atoms with E-state index in [0.29, 0.717) is 12.2 Å². The van der Waals surface area contributed by atoms with E-state index in [1.807, 2.05) is 24.3 Å². The van der Waals surface area contributed by atoms with Gasteiger partial charge in [-0.2, -0.15) is 0 Å². The maximum Gasteiger partial charge on any atom is 0.312 e. The highest BCUT2D eigenvalue weighted by Gasteiger charge is 2.29. The molecule has 0 N–H and O–H groups in total. The Bertz CT molecular complexity index is 666. The van der Waals surface area contributed by atoms with Crippen LogP contribution in [0.2, 0.25) is 0 Å². The van der Waals surface area contributed by atoms with Gasteiger partial charge in [0.1, 0.15) is 5.75 Å². The number of rotatable bonds is 1. The second-order valence-electron chi connectivity index (χ2n) is 6.64. The van der Waals surface area contributed by atoms with Crippen molar-refractivity contribution in [2.24, 2.45) is 0 Å². The molecule has 1 aliphatic rings. The summed E-state index contributed by atoms with van der Waals surface area (Å²) < 4.78 is 5.41. The highest BCUT2D eigenvalue weighted by atomic mass is 16.5. The highest BCUT2D eigenvalue weighted by Crippen LogP contribution is 2.40. The van der Waals surface area contributed by atoms with Crippen molar-refractivity contribution in [2.45, 2.75) is 38.5 Å². The summed E-state index contributed by atoms with van der Waals surface area (Å²) in [5, 5.41) is 0. The average molecular weight is 280 g/mol. The van der Waals surface area contributed by atoms with E-state index in [4.69, 9.17) is 4.74 Å². The van der Waals surface area contributed by atoms with Crippen LogP contribution in [-0.2, 0) is 10.2 Å². The summed E-state index contributed by atoms with van der Waals surface area (Å²) >= 11 is 0. The summed E-state index contributed by atoms with van der Waals surface area (Å²) in [6.07, 6.45) is 0.407. The molecule has 0 saturated carbocycles. The van der Waals surface area contributed by atoms with Gasteiger partial charge in [0.05, 0.1) is 6.42 Å². The molecule has 1 heterocycles. The summed E-state index contributed by atoms with van der Waals surface area (Å²) in [4.78, 5) is 11.9. The number of carbonyl (C=O) groups excluding carboxylic acids is 1. The first-order valence-electron chi connectivity index (χ1n) is 7.35. The summed E-state index contributed by atoms with van der Waals surface area (Å²) in [6.45, 7) is 6.59. The van der Waals surface area contributed by atoms with Gasteiger partial charge in [-0.3, -0.25) is 4.79 Å². The molecule has 1 atom stereocenters. The number of hydrogen-bond donors (Lipinski definition) is 0. The van der Waals surface area contributed by atoms with Crippen LogP contribution in [0.4, 0.5) is 0 Å². The molecule has 108 valence electrons. The highest BCUT2D eigenvalue weighted by molar-refractivity contribution is 5.77. The molecule has 2 aromatic carbocycles. The second kappa shape index (κ2) is 5.03. The molecule has 0 amide bonds. The van der Waals surface area contributed by atoms with E-state index in [2.05, 4.69) is 45.0 Å². The first-order chi connectivity index (χ1) is 9.95. The zero-order chi connectivity index (χ0) is 15.0. The molecule has 0 fully saturated rings. The number of esters is 1. The van der Waals surface area contributed by atoms with Crippen LogP contribution < -0.4 is 4.74 Å². The first-order valence-corrected chi connectivity index (χ1v) is 7.35. The third-order valence-electron chi connectivity index (χ3n) is 4.05. The molecular formula is C19H20O2. The van der Waals surface area contributed by atoms with E-state index in [1.54, 1.807) is 0 Å². The van der Waals surface area contributed by atoms with E-state index in [9.17, 15) is 4.79 Å². The fraction of sp³-hybridized carbons (Fsp3) is 0.316. The van der Waals surface area contributed by atoms with Crippen molar-refractivity contribution in [3.8, 4) is 5.75 Å². The lowest BCUT2D eigenvalue weighted by atomic mass is 9.81. The topological polar surface area (TPSA) is 26.3 Å². The van der Waals surface area contributed by atoms with Crippen LogP contribution in [0, 0.1) is 0 Å². The van der Waals surface area contributed by atoms with Crippen LogP contribution in [-0.4, -0.2) is 5.97 Å². The zero-order valence-electron chi connectivity index (χ0n) is 12.7. The minimum atomic E-state index is -0.153. The zero-order valence-corrected chi connectivity index (χ0v) is 12.7. The SMILES string of the molecule is CC(C)(C)c1ccc2c(c1)[C@H](c1ccccc1)CC(=O)O2. The Hall–Kier alpha value is -2.09. The van der Waals surface area contributed by atoms with Gasteiger partial charge in [0.15, 0.2) is 0 Å². The van der Waals surface area contributed by atoms with E-state index >= 15 is 0 Å². The normalized spacial score (nSPS) is 18.0. The smallest absolute Gasteiger partial charge is 0.312 e. The Labute approximate surface area is 125 Å². The fourth-order valence-corrected chi connectivity index (χ4v) is 2.80. The van der Waals surface area contributed by atoms with Crippen LogP contribution in [0.25, 0.3) is 0 Å². The first kappa shape index (κ1) is 13.9. The van der Waals surface area contributed by atoms with Crippen LogP contribution in [0.3, 0.4) is 0 Å². The van der Waals surface area contributed by atoms with Gasteiger partial charge in [-0.25, -0.2) is 0 Å². The van der Waals surface area contributed by atoms with Crippen LogP contribution in [0.5, 0.6) is 5.75 Å². The number of ether oxygens (including phenoxy) is 1. The Morgan fingerprint density at radius 3 is 2.43 bits per heavy atom. The molecule has 2 heteroatoms. The predicted molar refractivity (Wildman–Crippen MR) is 83.7 cm³/mol. The van der Waals surface area contributed by atoms with Crippen molar-refractivity contribution in [1.82, 2.24) is 0 Å². The monoisotopic (exact) mass is 280 g/mol. The Balaban J connectivity index is 2.12. The molecule has 21 heavy (non-hydrogen) atoms. The molecule has 0 aliphatic carbocycles. The average Bonchev–Trinajstić information content (AvgIpc) is 2.46. The molecule has 3 rings (SSSR count). The predicted octanol–water partition coefficient (Wildman–Crippen LogP) is 4.43. The molecule has 2 nitrogen and oxygen atoms in total. The molecule has 0 saturated heterocycles. The minimum Gasteiger partial charge on any atom is -0.426 e. The van der Waals surface area contributed by atoms with Gasteiger partial charge in [0.25, 0.3) is 0 Å². The quantitative estimate of drug-likeness (QED) is 0.571. The van der Waals surface area contributed by atoms with Gasteiger partial charge < -0.3 is 4.74 Å². The van der Waals surface area contributed by atoms with Gasteiger partial charge >= 0.3 is 5.97 Å². The largest absolute Gasteiger partial charge is 0.426 e. The molecule has 0 radical (unpaired) electrons. The number of hydrogen-bond acceptors (Lipinski definition) is 2. The molecule has 1 aliphatic heterocycles. The van der Waals surface area contributed by atoms with Crippen molar-refractivity contribution < 1.29 is 9.53 Å². The number of carbonyl (C=O) groups is 1. The molecule has 0 bridgehead atoms. The van der Waals surface area contributed by atoms with Gasteiger partial charge in [-0.05, 0) is 22.6 Å². The minimum absolute atomic E-state index is 0.0811. The molecule has 2 aromatic rings. The van der Waals surface area contributed by atoms with Gasteiger partial charge in [-0.15, -0.1) is 0 Å². The standard InChI is InChI=1S/C19H20O2/c1-19(2,3)14-9-10-17-16(11-14)15(12-18(20)21-17)13-7-5-4-6-8-13/h4-11,15H,12H2,1-3H3/t15-/m0/s1. The van der Waals surface area contributed by atoms with Gasteiger partial charge in [0, 0.05) is 11.5 Å². The van der Waals surface area contributed by atoms with E-state index < -0.39 is 0 Å². The summed E-state index contributed by atoms with van der Waals surface area (Å²) in [6, 6.07) is 16.4. The molecular weight excluding hydrogens is 260 g/mol. The molecule has 0 aromatic heterocycles. The number of fused-ring (bicyclic) bond motifs is 1. The maximum absolute atomic E-state index is 11.9. The van der Waals surface area contributed by atoms with E-state index in [0.717, 1.165) is 5.56 Å². The van der Waals surface area contributed by atoms with E-state index in [1.165, 1.54) is 11.1 Å². The lowest BCUT2D eigenvalue weighted by Crippen LogP contribution is -2.22. The Morgan fingerprint density at radius 2 is 1.76 bits per heavy atom. The third-order valence-corrected chi connectivity index (χ3v) is 4.05. The van der Waals surface area contributed by atoms with Crippen molar-refractivity contribution >= 4 is 5.97 Å². The van der Waals surface area contributed by atoms with Crippen molar-refractivity contribution in [3.05, 3.63) is 65.2 Å². The van der Waals surface area contributed by atoms with Crippen LogP contribution in [0.1, 0.15) is 49.8 Å². The summed E-state index contributed by atoms with van der Waals surface area (Å²) in [7, 11) is 0. The summed E-state index contributed by atoms with van der Waals surface area (Å²) in [5.41, 5.74) is 3.63. The number of benzene rings is 2. The Morgan fingerprint density at radius 1 is 1.05 bits per heavy atom. The lowest BCUT2D eigenvalue weighted by molar-refractivity contribution is -0.135. The molecule has 0 spiro atoms. The van der Waals surface area contributed by atoms with Crippen LogP contribution in [0.15, 0.2) is 48.5 Å². The maximum atomic E-state index is 11.9. The van der Waals surface area contributed by atoms with Gasteiger partial charge in [0.2, 0.25) is 0 Å². The van der Waals surface area contributed by atoms with Crippen LogP contribution >= 0.6 is 0 Å². The summed E-state index contributed by atoms with van der Waals surface area (Å²) in [5.74, 6) is 0.637. The molecule has 0 unspecified atom stereocenters.